The van der Waals surface area contributed by atoms with Crippen LogP contribution in [0.3, 0.4) is 0 Å². The molecule has 2 fully saturated rings. The Hall–Kier alpha value is -4.32. The van der Waals surface area contributed by atoms with Crippen molar-refractivity contribution in [1.82, 2.24) is 30.2 Å². The van der Waals surface area contributed by atoms with Gasteiger partial charge in [0.15, 0.2) is 5.65 Å². The molecule has 182 valence electrons. The van der Waals surface area contributed by atoms with Crippen molar-refractivity contribution in [2.75, 3.05) is 10.6 Å². The van der Waals surface area contributed by atoms with E-state index in [0.29, 0.717) is 35.7 Å². The molecule has 4 N–H and O–H groups in total. The minimum atomic E-state index is -0.577. The van der Waals surface area contributed by atoms with Crippen molar-refractivity contribution >= 4 is 46.9 Å². The van der Waals surface area contributed by atoms with E-state index in [1.807, 2.05) is 19.1 Å². The lowest BCUT2D eigenvalue weighted by atomic mass is 10.1. The summed E-state index contributed by atoms with van der Waals surface area (Å²) in [5, 5.41) is 15.7. The maximum Gasteiger partial charge on any atom is 0.326 e. The summed E-state index contributed by atoms with van der Waals surface area (Å²) in [4.78, 5) is 34.9. The van der Waals surface area contributed by atoms with Crippen LogP contribution in [0.4, 0.5) is 21.1 Å². The predicted octanol–water partition coefficient (Wildman–Crippen LogP) is 3.67. The molecule has 0 radical (unpaired) electrons. The molecular formula is C24H21FN8O2S. The second kappa shape index (κ2) is 8.72. The molecule has 0 unspecified atom stereocenters. The molecule has 0 spiro atoms. The van der Waals surface area contributed by atoms with Crippen LogP contribution in [0.1, 0.15) is 28.8 Å². The summed E-state index contributed by atoms with van der Waals surface area (Å²) in [6.45, 7) is 2.39. The number of hydrogen-bond acceptors (Lipinski definition) is 8. The number of aryl methyl sites for hydroxylation is 1. The lowest BCUT2D eigenvalue weighted by Crippen LogP contribution is -2.22. The Morgan fingerprint density at radius 3 is 2.78 bits per heavy atom. The number of urea groups is 1. The van der Waals surface area contributed by atoms with E-state index in [0.717, 1.165) is 33.7 Å². The number of thiophene rings is 1. The highest BCUT2D eigenvalue weighted by atomic mass is 32.1. The van der Waals surface area contributed by atoms with Crippen molar-refractivity contribution < 1.29 is 14.0 Å². The highest BCUT2D eigenvalue weighted by Crippen LogP contribution is 2.32. The molecule has 1 aromatic carbocycles. The summed E-state index contributed by atoms with van der Waals surface area (Å²) in [6.07, 6.45) is 5.17. The smallest absolute Gasteiger partial charge is 0.326 e. The van der Waals surface area contributed by atoms with Gasteiger partial charge in [0.2, 0.25) is 11.9 Å². The summed E-state index contributed by atoms with van der Waals surface area (Å²) in [7, 11) is 0. The van der Waals surface area contributed by atoms with E-state index in [-0.39, 0.29) is 11.5 Å². The summed E-state index contributed by atoms with van der Waals surface area (Å²) in [6, 6.07) is 8.46. The Kier molecular flexibility index (Phi) is 5.37. The minimum absolute atomic E-state index is 0.113. The number of nitrogens with zero attached hydrogens (tertiary/aromatic N) is 4. The van der Waals surface area contributed by atoms with Crippen molar-refractivity contribution in [3.05, 3.63) is 64.0 Å². The zero-order valence-electron chi connectivity index (χ0n) is 19.1. The topological polar surface area (TPSA) is 125 Å². The number of amides is 3. The van der Waals surface area contributed by atoms with Crippen LogP contribution in [0.25, 0.3) is 22.2 Å². The first-order chi connectivity index (χ1) is 17.4. The maximum absolute atomic E-state index is 14.1. The molecular weight excluding hydrogens is 483 g/mol. The number of imide groups is 1. The Morgan fingerprint density at radius 2 is 2.06 bits per heavy atom. The number of halogens is 1. The van der Waals surface area contributed by atoms with E-state index in [4.69, 9.17) is 0 Å². The van der Waals surface area contributed by atoms with Crippen molar-refractivity contribution in [3.8, 4) is 10.4 Å². The van der Waals surface area contributed by atoms with Crippen LogP contribution in [-0.2, 0) is 11.3 Å². The standard InChI is InChI=1S/C24H21FN8O2S/c1-12-2-7-19(36-12)17-9-15(25)4-3-13(17)10-26-22-30-20-14(8-18-21(34)31-24(35)29-18)11-27-33(20)23(32-22)28-16-5-6-16/h2-4,7-9,11,16H,5-6,10H2,1H3,(H2,26,28,30,32)(H2,29,31,34,35)/b18-8-. The third kappa shape index (κ3) is 4.38. The fourth-order valence-electron chi connectivity index (χ4n) is 3.90. The van der Waals surface area contributed by atoms with Gasteiger partial charge in [0, 0.05) is 27.9 Å². The Bertz CT molecular complexity index is 1550. The number of carbonyl (C=O) groups excluding carboxylic acids is 2. The third-order valence-electron chi connectivity index (χ3n) is 5.84. The SMILES string of the molecule is Cc1ccc(-c2cc(F)ccc2CNc2nc(NC3CC3)n3ncc(/C=C4\NC(=O)NC4=O)c3n2)s1. The van der Waals surface area contributed by atoms with Crippen molar-refractivity contribution in [1.29, 1.82) is 0 Å². The summed E-state index contributed by atoms with van der Waals surface area (Å²) in [5.74, 6) is 0.0511. The molecule has 0 bridgehead atoms. The summed E-state index contributed by atoms with van der Waals surface area (Å²) < 4.78 is 15.6. The van der Waals surface area contributed by atoms with Crippen molar-refractivity contribution in [3.63, 3.8) is 0 Å². The first-order valence-corrected chi connectivity index (χ1v) is 12.2. The van der Waals surface area contributed by atoms with Gasteiger partial charge in [0.25, 0.3) is 5.91 Å². The van der Waals surface area contributed by atoms with Crippen LogP contribution in [0.5, 0.6) is 0 Å². The molecule has 3 aromatic heterocycles. The number of aromatic nitrogens is 4. The Morgan fingerprint density at radius 1 is 1.19 bits per heavy atom. The second-order valence-corrected chi connectivity index (χ2v) is 9.94. The van der Waals surface area contributed by atoms with Crippen LogP contribution < -0.4 is 21.3 Å². The van der Waals surface area contributed by atoms with Gasteiger partial charge >= 0.3 is 6.03 Å². The monoisotopic (exact) mass is 504 g/mol. The van der Waals surface area contributed by atoms with Crippen LogP contribution >= 0.6 is 11.3 Å². The number of carbonyl (C=O) groups is 2. The van der Waals surface area contributed by atoms with E-state index in [2.05, 4.69) is 36.3 Å². The summed E-state index contributed by atoms with van der Waals surface area (Å²) >= 11 is 1.61. The van der Waals surface area contributed by atoms with Gasteiger partial charge in [0.1, 0.15) is 11.5 Å². The number of nitrogens with one attached hydrogen (secondary N) is 4. The number of hydrogen-bond donors (Lipinski definition) is 4. The number of benzene rings is 1. The highest BCUT2D eigenvalue weighted by Gasteiger charge is 2.26. The van der Waals surface area contributed by atoms with Crippen LogP contribution in [0, 0.1) is 12.7 Å². The molecule has 4 heterocycles. The zero-order valence-corrected chi connectivity index (χ0v) is 19.9. The van der Waals surface area contributed by atoms with E-state index >= 15 is 0 Å². The normalized spacial score (nSPS) is 16.4. The largest absolute Gasteiger partial charge is 0.351 e. The molecule has 1 saturated heterocycles. The number of fused-ring (bicyclic) bond motifs is 1. The Labute approximate surface area is 208 Å². The molecule has 2 aliphatic rings. The van der Waals surface area contributed by atoms with Crippen LogP contribution in [-0.4, -0.2) is 37.6 Å². The van der Waals surface area contributed by atoms with Gasteiger partial charge in [-0.2, -0.15) is 19.6 Å². The molecule has 1 aliphatic carbocycles. The maximum atomic E-state index is 14.1. The molecule has 4 aromatic rings. The molecule has 1 saturated carbocycles. The first kappa shape index (κ1) is 22.2. The Balaban J connectivity index is 1.35. The summed E-state index contributed by atoms with van der Waals surface area (Å²) in [5.41, 5.74) is 2.84. The van der Waals surface area contributed by atoms with E-state index < -0.39 is 11.9 Å². The van der Waals surface area contributed by atoms with Gasteiger partial charge in [-0.25, -0.2) is 9.18 Å². The van der Waals surface area contributed by atoms with E-state index in [1.165, 1.54) is 18.2 Å². The van der Waals surface area contributed by atoms with Crippen molar-refractivity contribution in [2.24, 2.45) is 0 Å². The van der Waals surface area contributed by atoms with Gasteiger partial charge < -0.3 is 16.0 Å². The molecule has 10 nitrogen and oxygen atoms in total. The first-order valence-electron chi connectivity index (χ1n) is 11.4. The molecule has 0 atom stereocenters. The van der Waals surface area contributed by atoms with Crippen LogP contribution in [0.2, 0.25) is 0 Å². The average molecular weight is 505 g/mol. The van der Waals surface area contributed by atoms with Crippen molar-refractivity contribution in [2.45, 2.75) is 32.4 Å². The quantitative estimate of drug-likeness (QED) is 0.224. The lowest BCUT2D eigenvalue weighted by Gasteiger charge is -2.12. The van der Waals surface area contributed by atoms with Gasteiger partial charge in [0.05, 0.1) is 6.20 Å². The number of anilines is 2. The van der Waals surface area contributed by atoms with Crippen LogP contribution in [0.15, 0.2) is 42.2 Å². The molecule has 36 heavy (non-hydrogen) atoms. The fraction of sp³-hybridized carbons (Fsp3) is 0.208. The van der Waals surface area contributed by atoms with Gasteiger partial charge in [-0.3, -0.25) is 10.1 Å². The minimum Gasteiger partial charge on any atom is -0.351 e. The van der Waals surface area contributed by atoms with Gasteiger partial charge in [-0.15, -0.1) is 11.3 Å². The predicted molar refractivity (Wildman–Crippen MR) is 134 cm³/mol. The van der Waals surface area contributed by atoms with Gasteiger partial charge in [-0.05, 0) is 61.2 Å². The molecule has 1 aliphatic heterocycles. The average Bonchev–Trinajstić information content (AvgIpc) is 3.25. The van der Waals surface area contributed by atoms with E-state index in [1.54, 1.807) is 28.1 Å². The van der Waals surface area contributed by atoms with E-state index in [9.17, 15) is 14.0 Å². The zero-order chi connectivity index (χ0) is 24.8. The second-order valence-electron chi connectivity index (χ2n) is 8.66. The van der Waals surface area contributed by atoms with Gasteiger partial charge in [-0.1, -0.05) is 6.07 Å². The fourth-order valence-corrected chi connectivity index (χ4v) is 4.82. The third-order valence-corrected chi connectivity index (χ3v) is 6.87. The number of rotatable bonds is 7. The molecule has 12 heteroatoms. The molecule has 6 rings (SSSR count). The lowest BCUT2D eigenvalue weighted by molar-refractivity contribution is -0.115. The highest BCUT2D eigenvalue weighted by molar-refractivity contribution is 7.15. The molecule has 3 amide bonds.